The van der Waals surface area contributed by atoms with Crippen molar-refractivity contribution in [2.45, 2.75) is 26.4 Å². The van der Waals surface area contributed by atoms with Gasteiger partial charge in [0.25, 0.3) is 5.91 Å². The first-order chi connectivity index (χ1) is 12.0. The highest BCUT2D eigenvalue weighted by molar-refractivity contribution is 6.03. The van der Waals surface area contributed by atoms with E-state index in [-0.39, 0.29) is 17.2 Å². The molecule has 26 heavy (non-hydrogen) atoms. The lowest BCUT2D eigenvalue weighted by molar-refractivity contribution is 0.0632. The van der Waals surface area contributed by atoms with Crippen molar-refractivity contribution in [1.82, 2.24) is 9.55 Å². The number of ether oxygens (including phenoxy) is 1. The maximum absolute atomic E-state index is 12.3. The van der Waals surface area contributed by atoms with Gasteiger partial charge in [-0.2, -0.15) is 0 Å². The highest BCUT2D eigenvalue weighted by Crippen LogP contribution is 2.15. The molecule has 0 aliphatic carbocycles. The fraction of sp³-hybridized carbons (Fsp3) is 0.294. The number of pyridine rings is 1. The third kappa shape index (κ3) is 5.07. The molecule has 2 amide bonds. The first kappa shape index (κ1) is 19.0. The van der Waals surface area contributed by atoms with Crippen LogP contribution in [0.25, 0.3) is 0 Å². The number of aromatic nitrogens is 2. The predicted octanol–water partition coefficient (Wildman–Crippen LogP) is 2.72. The van der Waals surface area contributed by atoms with Gasteiger partial charge in [-0.15, -0.1) is 0 Å². The fourth-order valence-electron chi connectivity index (χ4n) is 2.08. The second-order valence-electron chi connectivity index (χ2n) is 6.52. The molecule has 0 fully saturated rings. The topological polar surface area (TPSA) is 123 Å². The maximum Gasteiger partial charge on any atom is 0.413 e. The van der Waals surface area contributed by atoms with Crippen molar-refractivity contribution in [3.05, 3.63) is 41.9 Å². The Balaban J connectivity index is 2.09. The Morgan fingerprint density at radius 1 is 1.19 bits per heavy atom. The Bertz CT molecular complexity index is 851. The van der Waals surface area contributed by atoms with E-state index in [1.807, 2.05) is 0 Å². The Morgan fingerprint density at radius 2 is 1.88 bits per heavy atom. The molecule has 9 nitrogen and oxygen atoms in total. The van der Waals surface area contributed by atoms with Gasteiger partial charge in [-0.25, -0.2) is 14.6 Å². The van der Waals surface area contributed by atoms with E-state index in [0.717, 1.165) is 0 Å². The molecule has 0 atom stereocenters. The number of carbonyl (C=O) groups is 3. The quantitative estimate of drug-likeness (QED) is 0.770. The Labute approximate surface area is 150 Å². The van der Waals surface area contributed by atoms with Crippen LogP contribution in [-0.4, -0.2) is 38.2 Å². The molecule has 0 radical (unpaired) electrons. The van der Waals surface area contributed by atoms with Gasteiger partial charge in [0.2, 0.25) is 0 Å². The summed E-state index contributed by atoms with van der Waals surface area (Å²) in [4.78, 5) is 39.2. The van der Waals surface area contributed by atoms with Gasteiger partial charge >= 0.3 is 12.1 Å². The summed E-state index contributed by atoms with van der Waals surface area (Å²) in [6.45, 7) is 5.19. The van der Waals surface area contributed by atoms with Crippen LogP contribution in [0.2, 0.25) is 0 Å². The van der Waals surface area contributed by atoms with Crippen molar-refractivity contribution in [3.63, 3.8) is 0 Å². The molecule has 0 bridgehead atoms. The van der Waals surface area contributed by atoms with Crippen molar-refractivity contribution in [1.29, 1.82) is 0 Å². The number of aryl methyl sites for hydroxylation is 1. The first-order valence-electron chi connectivity index (χ1n) is 7.73. The van der Waals surface area contributed by atoms with Crippen LogP contribution in [-0.2, 0) is 11.8 Å². The van der Waals surface area contributed by atoms with Gasteiger partial charge in [-0.1, -0.05) is 6.07 Å². The van der Waals surface area contributed by atoms with Gasteiger partial charge in [0.05, 0.1) is 5.69 Å². The number of anilines is 2. The Kier molecular flexibility index (Phi) is 5.30. The summed E-state index contributed by atoms with van der Waals surface area (Å²) < 4.78 is 6.51. The minimum Gasteiger partial charge on any atom is -0.477 e. The van der Waals surface area contributed by atoms with Gasteiger partial charge in [0, 0.05) is 13.2 Å². The van der Waals surface area contributed by atoms with Crippen LogP contribution in [0.3, 0.4) is 0 Å². The average molecular weight is 360 g/mol. The SMILES string of the molecule is Cn1cc(NC(=O)c2cccc(NC(=O)OC(C)(C)C)n2)cc1C(=O)O. The van der Waals surface area contributed by atoms with Crippen molar-refractivity contribution in [2.24, 2.45) is 7.05 Å². The van der Waals surface area contributed by atoms with Crippen molar-refractivity contribution >= 4 is 29.5 Å². The van der Waals surface area contributed by atoms with E-state index in [9.17, 15) is 14.4 Å². The molecule has 0 aliphatic heterocycles. The van der Waals surface area contributed by atoms with E-state index in [1.54, 1.807) is 33.9 Å². The van der Waals surface area contributed by atoms with Crippen LogP contribution < -0.4 is 10.6 Å². The number of nitrogens with one attached hydrogen (secondary N) is 2. The van der Waals surface area contributed by atoms with Crippen LogP contribution in [0.4, 0.5) is 16.3 Å². The van der Waals surface area contributed by atoms with Crippen molar-refractivity contribution < 1.29 is 24.2 Å². The number of hydrogen-bond donors (Lipinski definition) is 3. The van der Waals surface area contributed by atoms with Crippen LogP contribution >= 0.6 is 0 Å². The maximum atomic E-state index is 12.3. The molecule has 2 rings (SSSR count). The number of carboxylic acid groups (broad SMARTS) is 1. The molecule has 0 aliphatic rings. The monoisotopic (exact) mass is 360 g/mol. The standard InChI is InChI=1S/C17H20N4O5/c1-17(2,3)26-16(25)20-13-7-5-6-11(19-13)14(22)18-10-8-12(15(23)24)21(4)9-10/h5-9H,1-4H3,(H,18,22)(H,23,24)(H,19,20,25). The van der Waals surface area contributed by atoms with E-state index in [4.69, 9.17) is 9.84 Å². The zero-order valence-corrected chi connectivity index (χ0v) is 14.9. The van der Waals surface area contributed by atoms with E-state index in [2.05, 4.69) is 15.6 Å². The predicted molar refractivity (Wildman–Crippen MR) is 94.4 cm³/mol. The molecule has 0 unspecified atom stereocenters. The van der Waals surface area contributed by atoms with Gasteiger partial charge in [-0.05, 0) is 39.0 Å². The Morgan fingerprint density at radius 3 is 2.46 bits per heavy atom. The second kappa shape index (κ2) is 7.26. The molecule has 2 heterocycles. The van der Waals surface area contributed by atoms with Gasteiger partial charge in [0.1, 0.15) is 22.8 Å². The number of carbonyl (C=O) groups excluding carboxylic acids is 2. The summed E-state index contributed by atoms with van der Waals surface area (Å²) in [5.74, 6) is -1.48. The van der Waals surface area contributed by atoms with E-state index in [1.165, 1.54) is 29.0 Å². The molecule has 0 saturated carbocycles. The van der Waals surface area contributed by atoms with Crippen LogP contribution in [0.1, 0.15) is 41.7 Å². The van der Waals surface area contributed by atoms with Crippen LogP contribution in [0.5, 0.6) is 0 Å². The summed E-state index contributed by atoms with van der Waals surface area (Å²) in [6.07, 6.45) is 0.793. The fourth-order valence-corrected chi connectivity index (χ4v) is 2.08. The summed E-state index contributed by atoms with van der Waals surface area (Å²) in [7, 11) is 1.56. The van der Waals surface area contributed by atoms with Crippen molar-refractivity contribution in [3.8, 4) is 0 Å². The Hall–Kier alpha value is -3.36. The third-order valence-electron chi connectivity index (χ3n) is 3.09. The summed E-state index contributed by atoms with van der Waals surface area (Å²) in [5, 5.41) is 14.0. The van der Waals surface area contributed by atoms with Gasteiger partial charge in [0.15, 0.2) is 0 Å². The lowest BCUT2D eigenvalue weighted by Crippen LogP contribution is -2.27. The molecular weight excluding hydrogens is 340 g/mol. The molecule has 2 aromatic rings. The highest BCUT2D eigenvalue weighted by atomic mass is 16.6. The highest BCUT2D eigenvalue weighted by Gasteiger charge is 2.18. The zero-order chi connectivity index (χ0) is 19.5. The van der Waals surface area contributed by atoms with E-state index >= 15 is 0 Å². The van der Waals surface area contributed by atoms with Gasteiger partial charge < -0.3 is 19.7 Å². The number of amides is 2. The average Bonchev–Trinajstić information content (AvgIpc) is 2.86. The van der Waals surface area contributed by atoms with E-state index < -0.39 is 23.6 Å². The molecule has 9 heteroatoms. The molecule has 3 N–H and O–H groups in total. The van der Waals surface area contributed by atoms with E-state index in [0.29, 0.717) is 5.69 Å². The van der Waals surface area contributed by atoms with Crippen molar-refractivity contribution in [2.75, 3.05) is 10.6 Å². The first-order valence-corrected chi connectivity index (χ1v) is 7.73. The number of aromatic carboxylic acids is 1. The number of nitrogens with zero attached hydrogens (tertiary/aromatic N) is 2. The second-order valence-corrected chi connectivity index (χ2v) is 6.52. The molecule has 0 aromatic carbocycles. The zero-order valence-electron chi connectivity index (χ0n) is 14.9. The minimum absolute atomic E-state index is 0.0357. The number of rotatable bonds is 4. The van der Waals surface area contributed by atoms with Gasteiger partial charge in [-0.3, -0.25) is 10.1 Å². The number of carboxylic acids is 1. The number of hydrogen-bond acceptors (Lipinski definition) is 5. The smallest absolute Gasteiger partial charge is 0.413 e. The third-order valence-corrected chi connectivity index (χ3v) is 3.09. The molecular formula is C17H20N4O5. The normalized spacial score (nSPS) is 10.9. The summed E-state index contributed by atoms with van der Waals surface area (Å²) >= 11 is 0. The van der Waals surface area contributed by atoms with Crippen LogP contribution in [0.15, 0.2) is 30.5 Å². The molecule has 138 valence electrons. The minimum atomic E-state index is -1.10. The lowest BCUT2D eigenvalue weighted by Gasteiger charge is -2.19. The largest absolute Gasteiger partial charge is 0.477 e. The summed E-state index contributed by atoms with van der Waals surface area (Å²) in [5.41, 5.74) is -0.246. The molecule has 0 spiro atoms. The molecule has 2 aromatic heterocycles. The molecule has 0 saturated heterocycles. The summed E-state index contributed by atoms with van der Waals surface area (Å²) in [6, 6.07) is 5.88. The lowest BCUT2D eigenvalue weighted by atomic mass is 10.2. The van der Waals surface area contributed by atoms with Crippen LogP contribution in [0, 0.1) is 0 Å².